The van der Waals surface area contributed by atoms with E-state index < -0.39 is 5.91 Å². The molecule has 280 valence electrons. The SMILES string of the molecule is CNc1ncc(-c2ccc(OC[C@H]3COCCO3)c(OC)c2)cc1-c1ccc(NC(=O)c2cn(CC3CCOCC3)cc(-c3ccc(C)cc3)c2=O)cc1. The second-order valence-electron chi connectivity index (χ2n) is 13.7. The molecule has 2 aromatic heterocycles. The number of methoxy groups -OCH3 is 1. The Morgan fingerprint density at radius 3 is 2.31 bits per heavy atom. The van der Waals surface area contributed by atoms with Crippen LogP contribution in [0.25, 0.3) is 33.4 Å². The van der Waals surface area contributed by atoms with Crippen LogP contribution in [0.5, 0.6) is 11.5 Å². The predicted octanol–water partition coefficient (Wildman–Crippen LogP) is 7.08. The third kappa shape index (κ3) is 8.65. The Morgan fingerprint density at radius 1 is 0.852 bits per heavy atom. The van der Waals surface area contributed by atoms with Crippen LogP contribution in [0.2, 0.25) is 0 Å². The van der Waals surface area contributed by atoms with Crippen LogP contribution >= 0.6 is 0 Å². The van der Waals surface area contributed by atoms with E-state index in [4.69, 9.17) is 28.7 Å². The molecule has 2 aliphatic heterocycles. The number of ether oxygens (including phenoxy) is 5. The van der Waals surface area contributed by atoms with Crippen molar-refractivity contribution in [2.75, 3.05) is 64.4 Å². The van der Waals surface area contributed by atoms with Crippen LogP contribution in [0.1, 0.15) is 28.8 Å². The Labute approximate surface area is 315 Å². The first-order valence-corrected chi connectivity index (χ1v) is 18.4. The lowest BCUT2D eigenvalue weighted by molar-refractivity contribution is -0.101. The first kappa shape index (κ1) is 36.9. The molecule has 1 amide bonds. The Hall–Kier alpha value is -5.49. The first-order valence-electron chi connectivity index (χ1n) is 18.4. The number of amides is 1. The summed E-state index contributed by atoms with van der Waals surface area (Å²) in [7, 11) is 3.44. The Balaban J connectivity index is 1.11. The zero-order valence-electron chi connectivity index (χ0n) is 30.9. The number of pyridine rings is 2. The van der Waals surface area contributed by atoms with Crippen LogP contribution in [0.4, 0.5) is 11.5 Å². The standard InChI is InChI=1S/C43H46N4O7/c1-28-4-6-31(7-5-28)37-24-47(23-29-14-16-51-17-15-29)25-38(41(37)48)43(49)46-34-11-8-30(9-12-34)36-20-33(22-45-42(36)44-2)32-10-13-39(40(21-32)50-3)54-27-35-26-52-18-19-53-35/h4-13,20-22,24-25,29,35H,14-19,23,26-27H2,1-3H3,(H,44,45)(H,46,49)/t35-/m1/s1. The molecule has 0 bridgehead atoms. The normalized spacial score (nSPS) is 16.1. The van der Waals surface area contributed by atoms with Gasteiger partial charge in [-0.1, -0.05) is 48.0 Å². The highest BCUT2D eigenvalue weighted by molar-refractivity contribution is 6.04. The molecule has 3 aromatic carbocycles. The maximum atomic E-state index is 13.8. The summed E-state index contributed by atoms with van der Waals surface area (Å²) < 4.78 is 30.4. The van der Waals surface area contributed by atoms with E-state index in [0.29, 0.717) is 67.5 Å². The predicted molar refractivity (Wildman–Crippen MR) is 210 cm³/mol. The van der Waals surface area contributed by atoms with E-state index in [0.717, 1.165) is 59.4 Å². The van der Waals surface area contributed by atoms with Gasteiger partial charge in [-0.3, -0.25) is 9.59 Å². The van der Waals surface area contributed by atoms with Crippen LogP contribution in [-0.4, -0.2) is 75.4 Å². The molecule has 11 heteroatoms. The zero-order valence-corrected chi connectivity index (χ0v) is 30.9. The molecule has 11 nitrogen and oxygen atoms in total. The van der Waals surface area contributed by atoms with Gasteiger partial charge in [0.25, 0.3) is 5.91 Å². The topological polar surface area (TPSA) is 122 Å². The number of nitrogens with zero attached hydrogens (tertiary/aromatic N) is 2. The molecule has 0 radical (unpaired) electrons. The molecule has 1 atom stereocenters. The van der Waals surface area contributed by atoms with Gasteiger partial charge in [0.05, 0.1) is 26.9 Å². The smallest absolute Gasteiger partial charge is 0.261 e. The van der Waals surface area contributed by atoms with E-state index in [1.165, 1.54) is 0 Å². The second-order valence-corrected chi connectivity index (χ2v) is 13.7. The maximum absolute atomic E-state index is 13.8. The highest BCUT2D eigenvalue weighted by atomic mass is 16.6. The van der Waals surface area contributed by atoms with Gasteiger partial charge in [0.1, 0.15) is 24.1 Å². The molecule has 0 spiro atoms. The summed E-state index contributed by atoms with van der Waals surface area (Å²) in [4.78, 5) is 32.3. The van der Waals surface area contributed by atoms with E-state index >= 15 is 0 Å². The van der Waals surface area contributed by atoms with E-state index in [2.05, 4.69) is 16.7 Å². The fourth-order valence-electron chi connectivity index (χ4n) is 6.82. The summed E-state index contributed by atoms with van der Waals surface area (Å²) in [6.07, 6.45) is 7.13. The van der Waals surface area contributed by atoms with Gasteiger partial charge < -0.3 is 38.9 Å². The number of hydrogen-bond donors (Lipinski definition) is 2. The number of carbonyl (C=O) groups excluding carboxylic acids is 1. The van der Waals surface area contributed by atoms with Crippen molar-refractivity contribution in [2.45, 2.75) is 32.4 Å². The van der Waals surface area contributed by atoms with Gasteiger partial charge in [0.15, 0.2) is 11.5 Å². The lowest BCUT2D eigenvalue weighted by atomic mass is 9.99. The molecule has 0 unspecified atom stereocenters. The molecular weight excluding hydrogens is 684 g/mol. The fourth-order valence-corrected chi connectivity index (χ4v) is 6.82. The van der Waals surface area contributed by atoms with Crippen LogP contribution in [0.15, 0.2) is 96.2 Å². The zero-order chi connectivity index (χ0) is 37.4. The molecule has 54 heavy (non-hydrogen) atoms. The average Bonchev–Trinajstić information content (AvgIpc) is 3.21. The van der Waals surface area contributed by atoms with Crippen molar-refractivity contribution >= 4 is 17.4 Å². The molecular formula is C43H46N4O7. The van der Waals surface area contributed by atoms with Gasteiger partial charge in [0.2, 0.25) is 5.43 Å². The van der Waals surface area contributed by atoms with Crippen molar-refractivity contribution in [3.63, 3.8) is 0 Å². The van der Waals surface area contributed by atoms with Gasteiger partial charge in [-0.15, -0.1) is 0 Å². The third-order valence-corrected chi connectivity index (χ3v) is 9.88. The van der Waals surface area contributed by atoms with Crippen molar-refractivity contribution in [1.82, 2.24) is 9.55 Å². The van der Waals surface area contributed by atoms with Crippen molar-refractivity contribution in [2.24, 2.45) is 5.92 Å². The lowest BCUT2D eigenvalue weighted by Crippen LogP contribution is -2.33. The van der Waals surface area contributed by atoms with E-state index in [1.807, 2.05) is 97.7 Å². The summed E-state index contributed by atoms with van der Waals surface area (Å²) in [6, 6.07) is 23.2. The highest BCUT2D eigenvalue weighted by Gasteiger charge is 2.21. The van der Waals surface area contributed by atoms with Crippen molar-refractivity contribution in [1.29, 1.82) is 0 Å². The Morgan fingerprint density at radius 2 is 1.59 bits per heavy atom. The van der Waals surface area contributed by atoms with Crippen LogP contribution in [0.3, 0.4) is 0 Å². The maximum Gasteiger partial charge on any atom is 0.261 e. The second kappa shape index (κ2) is 17.1. The number of hydrogen-bond acceptors (Lipinski definition) is 9. The Kier molecular flexibility index (Phi) is 11.7. The number of aromatic nitrogens is 2. The van der Waals surface area contributed by atoms with E-state index in [1.54, 1.807) is 13.3 Å². The molecule has 4 heterocycles. The highest BCUT2D eigenvalue weighted by Crippen LogP contribution is 2.36. The minimum Gasteiger partial charge on any atom is -0.493 e. The van der Waals surface area contributed by atoms with E-state index in [-0.39, 0.29) is 17.1 Å². The number of carbonyl (C=O) groups is 1. The summed E-state index contributed by atoms with van der Waals surface area (Å²) in [5.41, 5.74) is 6.32. The van der Waals surface area contributed by atoms with Gasteiger partial charge in [0, 0.05) is 67.8 Å². The van der Waals surface area contributed by atoms with Gasteiger partial charge in [-0.05, 0) is 72.7 Å². The number of benzene rings is 3. The van der Waals surface area contributed by atoms with Gasteiger partial charge in [-0.2, -0.15) is 0 Å². The molecule has 5 aromatic rings. The summed E-state index contributed by atoms with van der Waals surface area (Å²) in [6.45, 7) is 6.18. The molecule has 2 fully saturated rings. The molecule has 7 rings (SSSR count). The quantitative estimate of drug-likeness (QED) is 0.139. The molecule has 0 saturated carbocycles. The van der Waals surface area contributed by atoms with Gasteiger partial charge in [-0.25, -0.2) is 4.98 Å². The average molecular weight is 731 g/mol. The van der Waals surface area contributed by atoms with Crippen LogP contribution < -0.4 is 25.5 Å². The minimum absolute atomic E-state index is 0.0989. The molecule has 0 aliphatic carbocycles. The number of anilines is 2. The van der Waals surface area contributed by atoms with Crippen molar-refractivity contribution in [3.05, 3.63) is 113 Å². The first-order chi connectivity index (χ1) is 26.4. The largest absolute Gasteiger partial charge is 0.493 e. The molecule has 2 N–H and O–H groups in total. The molecule has 2 saturated heterocycles. The minimum atomic E-state index is -0.456. The summed E-state index contributed by atoms with van der Waals surface area (Å²) in [5.74, 6) is 1.87. The van der Waals surface area contributed by atoms with Crippen LogP contribution in [-0.2, 0) is 20.8 Å². The number of aryl methyl sites for hydroxylation is 1. The number of rotatable bonds is 12. The lowest BCUT2D eigenvalue weighted by Gasteiger charge is -2.23. The van der Waals surface area contributed by atoms with E-state index in [9.17, 15) is 9.59 Å². The van der Waals surface area contributed by atoms with Crippen molar-refractivity contribution in [3.8, 4) is 44.9 Å². The molecule has 2 aliphatic rings. The van der Waals surface area contributed by atoms with Crippen molar-refractivity contribution < 1.29 is 28.5 Å². The Bertz CT molecular complexity index is 2120. The van der Waals surface area contributed by atoms with Crippen LogP contribution in [0, 0.1) is 12.8 Å². The number of nitrogens with one attached hydrogen (secondary N) is 2. The summed E-state index contributed by atoms with van der Waals surface area (Å²) in [5, 5.41) is 6.16. The monoisotopic (exact) mass is 730 g/mol. The summed E-state index contributed by atoms with van der Waals surface area (Å²) >= 11 is 0. The van der Waals surface area contributed by atoms with Gasteiger partial charge >= 0.3 is 0 Å². The third-order valence-electron chi connectivity index (χ3n) is 9.88. The fraction of sp³-hybridized carbons (Fsp3) is 0.326.